The molecule has 2 heterocycles. The SMILES string of the molecule is O=C(NCc1ccccn1)N1CCCN(Cc2ccccc2)CC1. The first-order chi connectivity index (χ1) is 11.8. The van der Waals surface area contributed by atoms with Gasteiger partial charge in [-0.1, -0.05) is 36.4 Å². The van der Waals surface area contributed by atoms with Crippen LogP contribution in [0.25, 0.3) is 0 Å². The molecule has 1 aromatic heterocycles. The first-order valence-corrected chi connectivity index (χ1v) is 8.50. The van der Waals surface area contributed by atoms with Crippen molar-refractivity contribution in [2.75, 3.05) is 26.2 Å². The average molecular weight is 324 g/mol. The van der Waals surface area contributed by atoms with Crippen molar-refractivity contribution >= 4 is 6.03 Å². The summed E-state index contributed by atoms with van der Waals surface area (Å²) >= 11 is 0. The van der Waals surface area contributed by atoms with Gasteiger partial charge >= 0.3 is 6.03 Å². The van der Waals surface area contributed by atoms with Crippen LogP contribution in [0.5, 0.6) is 0 Å². The van der Waals surface area contributed by atoms with Crippen molar-refractivity contribution in [1.82, 2.24) is 20.1 Å². The monoisotopic (exact) mass is 324 g/mol. The third-order valence-electron chi connectivity index (χ3n) is 4.27. The van der Waals surface area contributed by atoms with E-state index in [1.54, 1.807) is 6.20 Å². The van der Waals surface area contributed by atoms with Crippen LogP contribution in [-0.4, -0.2) is 47.0 Å². The molecule has 1 aliphatic rings. The standard InChI is InChI=1S/C19H24N4O/c24-19(21-15-18-9-4-5-10-20-18)23-12-6-11-22(13-14-23)16-17-7-2-1-3-8-17/h1-5,7-10H,6,11-16H2,(H,21,24). The summed E-state index contributed by atoms with van der Waals surface area (Å²) < 4.78 is 0. The van der Waals surface area contributed by atoms with E-state index in [2.05, 4.69) is 39.5 Å². The Balaban J connectivity index is 1.47. The van der Waals surface area contributed by atoms with Gasteiger partial charge in [-0.05, 0) is 24.1 Å². The van der Waals surface area contributed by atoms with Gasteiger partial charge in [0.25, 0.3) is 0 Å². The maximum absolute atomic E-state index is 12.4. The van der Waals surface area contributed by atoms with Crippen molar-refractivity contribution in [3.63, 3.8) is 0 Å². The van der Waals surface area contributed by atoms with E-state index in [0.29, 0.717) is 6.54 Å². The Kier molecular flexibility index (Phi) is 5.80. The lowest BCUT2D eigenvalue weighted by Crippen LogP contribution is -2.41. The number of aromatic nitrogens is 1. The molecule has 2 aromatic rings. The fourth-order valence-electron chi connectivity index (χ4n) is 2.95. The summed E-state index contributed by atoms with van der Waals surface area (Å²) in [6.07, 6.45) is 2.75. The highest BCUT2D eigenvalue weighted by atomic mass is 16.2. The molecule has 126 valence electrons. The van der Waals surface area contributed by atoms with Crippen LogP contribution in [0.2, 0.25) is 0 Å². The molecule has 0 aliphatic carbocycles. The third kappa shape index (κ3) is 4.80. The second-order valence-electron chi connectivity index (χ2n) is 6.08. The predicted molar refractivity (Wildman–Crippen MR) is 94.4 cm³/mol. The van der Waals surface area contributed by atoms with Crippen molar-refractivity contribution in [2.24, 2.45) is 0 Å². The molecule has 5 nitrogen and oxygen atoms in total. The molecule has 2 amide bonds. The number of urea groups is 1. The summed E-state index contributed by atoms with van der Waals surface area (Å²) in [5.41, 5.74) is 2.21. The number of pyridine rings is 1. The largest absolute Gasteiger partial charge is 0.332 e. The van der Waals surface area contributed by atoms with Gasteiger partial charge < -0.3 is 10.2 Å². The Hall–Kier alpha value is -2.40. The number of hydrogen-bond donors (Lipinski definition) is 1. The quantitative estimate of drug-likeness (QED) is 0.940. The number of rotatable bonds is 4. The van der Waals surface area contributed by atoms with Crippen LogP contribution in [-0.2, 0) is 13.1 Å². The number of carbonyl (C=O) groups is 1. The molecule has 1 N–H and O–H groups in total. The van der Waals surface area contributed by atoms with Gasteiger partial charge in [-0.3, -0.25) is 9.88 Å². The van der Waals surface area contributed by atoms with Gasteiger partial charge in [0.05, 0.1) is 12.2 Å². The fourth-order valence-corrected chi connectivity index (χ4v) is 2.95. The molecular formula is C19H24N4O. The molecular weight excluding hydrogens is 300 g/mol. The molecule has 24 heavy (non-hydrogen) atoms. The van der Waals surface area contributed by atoms with Crippen molar-refractivity contribution in [3.8, 4) is 0 Å². The molecule has 0 unspecified atom stereocenters. The van der Waals surface area contributed by atoms with E-state index < -0.39 is 0 Å². The number of hydrogen-bond acceptors (Lipinski definition) is 3. The van der Waals surface area contributed by atoms with Gasteiger partial charge in [-0.15, -0.1) is 0 Å². The minimum absolute atomic E-state index is 0.00205. The van der Waals surface area contributed by atoms with Crippen LogP contribution in [0.4, 0.5) is 4.79 Å². The second-order valence-corrected chi connectivity index (χ2v) is 6.08. The molecule has 0 bridgehead atoms. The lowest BCUT2D eigenvalue weighted by atomic mass is 10.2. The summed E-state index contributed by atoms with van der Waals surface area (Å²) in [5.74, 6) is 0. The molecule has 0 spiro atoms. The number of carbonyl (C=O) groups excluding carboxylic acids is 1. The molecule has 1 saturated heterocycles. The van der Waals surface area contributed by atoms with Gasteiger partial charge in [0.15, 0.2) is 0 Å². The predicted octanol–water partition coefficient (Wildman–Crippen LogP) is 2.50. The van der Waals surface area contributed by atoms with Crippen molar-refractivity contribution in [1.29, 1.82) is 0 Å². The molecule has 0 atom stereocenters. The van der Waals surface area contributed by atoms with E-state index in [0.717, 1.165) is 44.8 Å². The van der Waals surface area contributed by atoms with Gasteiger partial charge in [-0.2, -0.15) is 0 Å². The Morgan fingerprint density at radius 2 is 1.83 bits per heavy atom. The second kappa shape index (κ2) is 8.45. The van der Waals surface area contributed by atoms with E-state index in [9.17, 15) is 4.79 Å². The first kappa shape index (κ1) is 16.5. The Morgan fingerprint density at radius 1 is 1.00 bits per heavy atom. The number of nitrogens with zero attached hydrogens (tertiary/aromatic N) is 3. The highest BCUT2D eigenvalue weighted by Crippen LogP contribution is 2.09. The van der Waals surface area contributed by atoms with Crippen LogP contribution in [0.3, 0.4) is 0 Å². The van der Waals surface area contributed by atoms with Crippen molar-refractivity contribution in [2.45, 2.75) is 19.5 Å². The molecule has 1 aromatic carbocycles. The summed E-state index contributed by atoms with van der Waals surface area (Å²) in [7, 11) is 0. The first-order valence-electron chi connectivity index (χ1n) is 8.50. The smallest absolute Gasteiger partial charge is 0.317 e. The topological polar surface area (TPSA) is 48.5 Å². The van der Waals surface area contributed by atoms with E-state index in [-0.39, 0.29) is 6.03 Å². The normalized spacial score (nSPS) is 15.8. The van der Waals surface area contributed by atoms with Gasteiger partial charge in [0, 0.05) is 38.9 Å². The van der Waals surface area contributed by atoms with E-state index in [4.69, 9.17) is 0 Å². The molecule has 0 saturated carbocycles. The average Bonchev–Trinajstić information content (AvgIpc) is 2.87. The summed E-state index contributed by atoms with van der Waals surface area (Å²) in [5, 5.41) is 2.97. The van der Waals surface area contributed by atoms with Gasteiger partial charge in [0.1, 0.15) is 0 Å². The van der Waals surface area contributed by atoms with Gasteiger partial charge in [-0.25, -0.2) is 4.79 Å². The fraction of sp³-hybridized carbons (Fsp3) is 0.368. The highest BCUT2D eigenvalue weighted by molar-refractivity contribution is 5.74. The zero-order valence-corrected chi connectivity index (χ0v) is 13.9. The number of benzene rings is 1. The van der Waals surface area contributed by atoms with E-state index >= 15 is 0 Å². The summed E-state index contributed by atoms with van der Waals surface area (Å²) in [4.78, 5) is 20.9. The molecule has 3 rings (SSSR count). The summed E-state index contributed by atoms with van der Waals surface area (Å²) in [6, 6.07) is 16.2. The zero-order chi connectivity index (χ0) is 16.6. The lowest BCUT2D eigenvalue weighted by molar-refractivity contribution is 0.197. The highest BCUT2D eigenvalue weighted by Gasteiger charge is 2.18. The van der Waals surface area contributed by atoms with Crippen molar-refractivity contribution in [3.05, 3.63) is 66.0 Å². The third-order valence-corrected chi connectivity index (χ3v) is 4.27. The molecule has 1 aliphatic heterocycles. The maximum atomic E-state index is 12.4. The van der Waals surface area contributed by atoms with Crippen LogP contribution in [0.1, 0.15) is 17.7 Å². The Labute approximate surface area is 143 Å². The molecule has 0 radical (unpaired) electrons. The minimum atomic E-state index is 0.00205. The maximum Gasteiger partial charge on any atom is 0.317 e. The van der Waals surface area contributed by atoms with Crippen LogP contribution in [0, 0.1) is 0 Å². The van der Waals surface area contributed by atoms with E-state index in [1.807, 2.05) is 29.2 Å². The Morgan fingerprint density at radius 3 is 2.62 bits per heavy atom. The van der Waals surface area contributed by atoms with Crippen LogP contribution < -0.4 is 5.32 Å². The molecule has 5 heteroatoms. The number of amides is 2. The van der Waals surface area contributed by atoms with Gasteiger partial charge in [0.2, 0.25) is 0 Å². The van der Waals surface area contributed by atoms with E-state index in [1.165, 1.54) is 5.56 Å². The van der Waals surface area contributed by atoms with Crippen molar-refractivity contribution < 1.29 is 4.79 Å². The summed E-state index contributed by atoms with van der Waals surface area (Å²) in [6.45, 7) is 4.93. The van der Waals surface area contributed by atoms with Crippen LogP contribution in [0.15, 0.2) is 54.7 Å². The minimum Gasteiger partial charge on any atom is -0.332 e. The number of nitrogens with one attached hydrogen (secondary N) is 1. The Bertz CT molecular complexity index is 632. The molecule has 1 fully saturated rings. The van der Waals surface area contributed by atoms with Crippen LogP contribution >= 0.6 is 0 Å². The zero-order valence-electron chi connectivity index (χ0n) is 13.9. The lowest BCUT2D eigenvalue weighted by Gasteiger charge is -2.22.